The smallest absolute Gasteiger partial charge is 0.291 e. The normalized spacial score (nSPS) is 12.8. The van der Waals surface area contributed by atoms with Gasteiger partial charge in [0.15, 0.2) is 6.04 Å². The highest BCUT2D eigenvalue weighted by Gasteiger charge is 2.35. The van der Waals surface area contributed by atoms with Crippen LogP contribution in [0.25, 0.3) is 0 Å². The van der Waals surface area contributed by atoms with Crippen LogP contribution >= 0.6 is 0 Å². The van der Waals surface area contributed by atoms with E-state index < -0.39 is 29.9 Å². The van der Waals surface area contributed by atoms with E-state index in [1.165, 1.54) is 10.9 Å². The second-order valence-electron chi connectivity index (χ2n) is 4.79. The van der Waals surface area contributed by atoms with Crippen molar-refractivity contribution >= 4 is 11.9 Å². The summed E-state index contributed by atoms with van der Waals surface area (Å²) in [6, 6.07) is 9.47. The van der Waals surface area contributed by atoms with Crippen LogP contribution in [-0.4, -0.2) is 30.9 Å². The lowest BCUT2D eigenvalue weighted by atomic mass is 10.1. The molecular formula is C14H11F3N6O. The lowest BCUT2D eigenvalue weighted by molar-refractivity contribution is -0.144. The van der Waals surface area contributed by atoms with E-state index in [0.717, 1.165) is 0 Å². The third-order valence-corrected chi connectivity index (χ3v) is 3.14. The second kappa shape index (κ2) is 6.14. The fourth-order valence-electron chi connectivity index (χ4n) is 2.12. The molecule has 2 heterocycles. The van der Waals surface area contributed by atoms with Crippen LogP contribution in [0.3, 0.4) is 0 Å². The first-order valence-electron chi connectivity index (χ1n) is 6.79. The number of H-pyrrole nitrogens is 1. The van der Waals surface area contributed by atoms with Crippen LogP contribution in [0.2, 0.25) is 0 Å². The van der Waals surface area contributed by atoms with Gasteiger partial charge in [-0.25, -0.2) is 0 Å². The maximum Gasteiger partial charge on any atom is 0.451 e. The molecule has 0 saturated heterocycles. The number of nitrogens with zero attached hydrogens (tertiary/aromatic N) is 4. The number of aromatic amines is 1. The number of carbonyl (C=O) groups excluding carboxylic acids is 1. The Morgan fingerprint density at radius 1 is 1.21 bits per heavy atom. The van der Waals surface area contributed by atoms with Crippen molar-refractivity contribution in [3.63, 3.8) is 0 Å². The Hall–Kier alpha value is -3.17. The van der Waals surface area contributed by atoms with Gasteiger partial charge in [0, 0.05) is 12.4 Å². The van der Waals surface area contributed by atoms with Crippen LogP contribution in [0.15, 0.2) is 48.8 Å². The molecule has 2 N–H and O–H groups in total. The number of halogens is 3. The highest BCUT2D eigenvalue weighted by atomic mass is 19.4. The maximum atomic E-state index is 12.5. The van der Waals surface area contributed by atoms with Gasteiger partial charge >= 0.3 is 6.18 Å². The lowest BCUT2D eigenvalue weighted by Crippen LogP contribution is -2.27. The van der Waals surface area contributed by atoms with Crippen LogP contribution < -0.4 is 5.32 Å². The van der Waals surface area contributed by atoms with Gasteiger partial charge in [0.25, 0.3) is 5.91 Å². The predicted octanol–water partition coefficient (Wildman–Crippen LogP) is 2.25. The Labute approximate surface area is 133 Å². The van der Waals surface area contributed by atoms with Crippen molar-refractivity contribution in [2.45, 2.75) is 12.2 Å². The molecule has 0 spiro atoms. The molecule has 0 aliphatic carbocycles. The number of hydrogen-bond acceptors (Lipinski definition) is 4. The first-order chi connectivity index (χ1) is 11.4. The van der Waals surface area contributed by atoms with Crippen molar-refractivity contribution in [1.82, 2.24) is 25.0 Å². The van der Waals surface area contributed by atoms with Crippen molar-refractivity contribution in [2.75, 3.05) is 5.32 Å². The number of hydrogen-bond donors (Lipinski definition) is 2. The standard InChI is InChI=1S/C14H11F3N6O/c15-14(16,17)12-20-13(22-21-12)19-11(24)10(23-8-4-7-18-23)9-5-2-1-3-6-9/h1-8,10H,(H2,19,20,21,22,24)/t10-/m1/s1. The zero-order valence-corrected chi connectivity index (χ0v) is 12.0. The van der Waals surface area contributed by atoms with Crippen LogP contribution in [0, 0.1) is 0 Å². The van der Waals surface area contributed by atoms with Gasteiger partial charge in [0.2, 0.25) is 11.8 Å². The highest BCUT2D eigenvalue weighted by molar-refractivity contribution is 5.94. The molecule has 0 bridgehead atoms. The van der Waals surface area contributed by atoms with E-state index in [1.54, 1.807) is 47.7 Å². The van der Waals surface area contributed by atoms with Crippen LogP contribution in [0.5, 0.6) is 0 Å². The average molecular weight is 336 g/mol. The minimum absolute atomic E-state index is 0.458. The zero-order chi connectivity index (χ0) is 17.2. The molecule has 7 nitrogen and oxygen atoms in total. The van der Waals surface area contributed by atoms with Gasteiger partial charge in [0.1, 0.15) is 0 Å². The monoisotopic (exact) mass is 336 g/mol. The van der Waals surface area contributed by atoms with Crippen molar-refractivity contribution < 1.29 is 18.0 Å². The van der Waals surface area contributed by atoms with E-state index in [0.29, 0.717) is 5.56 Å². The molecule has 0 saturated carbocycles. The number of anilines is 1. The molecule has 0 unspecified atom stereocenters. The first-order valence-corrected chi connectivity index (χ1v) is 6.79. The number of aromatic nitrogens is 5. The molecule has 0 fully saturated rings. The van der Waals surface area contributed by atoms with Gasteiger partial charge < -0.3 is 0 Å². The van der Waals surface area contributed by atoms with Crippen LogP contribution in [0.1, 0.15) is 17.4 Å². The molecule has 1 atom stereocenters. The summed E-state index contributed by atoms with van der Waals surface area (Å²) in [4.78, 5) is 15.7. The molecule has 0 radical (unpaired) electrons. The Morgan fingerprint density at radius 3 is 2.54 bits per heavy atom. The summed E-state index contributed by atoms with van der Waals surface area (Å²) in [6.07, 6.45) is -1.59. The third-order valence-electron chi connectivity index (χ3n) is 3.14. The van der Waals surface area contributed by atoms with Gasteiger partial charge in [-0.3, -0.25) is 19.9 Å². The predicted molar refractivity (Wildman–Crippen MR) is 76.8 cm³/mol. The first kappa shape index (κ1) is 15.7. The average Bonchev–Trinajstić information content (AvgIpc) is 3.20. The molecule has 124 valence electrons. The summed E-state index contributed by atoms with van der Waals surface area (Å²) in [7, 11) is 0. The lowest BCUT2D eigenvalue weighted by Gasteiger charge is -2.16. The van der Waals surface area contributed by atoms with E-state index in [1.807, 2.05) is 0 Å². The maximum absolute atomic E-state index is 12.5. The van der Waals surface area contributed by atoms with E-state index in [9.17, 15) is 18.0 Å². The molecular weight excluding hydrogens is 325 g/mol. The molecule has 24 heavy (non-hydrogen) atoms. The largest absolute Gasteiger partial charge is 0.451 e. The van der Waals surface area contributed by atoms with Gasteiger partial charge in [0.05, 0.1) is 0 Å². The van der Waals surface area contributed by atoms with E-state index in [2.05, 4.69) is 20.5 Å². The van der Waals surface area contributed by atoms with Crippen LogP contribution in [0.4, 0.5) is 19.1 Å². The molecule has 2 aromatic heterocycles. The van der Waals surface area contributed by atoms with Crippen molar-refractivity contribution in [1.29, 1.82) is 0 Å². The van der Waals surface area contributed by atoms with E-state index in [-0.39, 0.29) is 0 Å². The van der Waals surface area contributed by atoms with Crippen LogP contribution in [-0.2, 0) is 11.0 Å². The SMILES string of the molecule is O=C(Nc1n[nH]c(C(F)(F)F)n1)[C@@H](c1ccccc1)n1cccn1. The molecule has 0 aliphatic rings. The summed E-state index contributed by atoms with van der Waals surface area (Å²) in [5.74, 6) is -2.36. The Bertz CT molecular complexity index is 813. The van der Waals surface area contributed by atoms with Gasteiger partial charge in [-0.05, 0) is 11.6 Å². The highest BCUT2D eigenvalue weighted by Crippen LogP contribution is 2.26. The third kappa shape index (κ3) is 3.26. The number of nitrogens with one attached hydrogen (secondary N) is 2. The fraction of sp³-hybridized carbons (Fsp3) is 0.143. The molecule has 1 amide bonds. The second-order valence-corrected chi connectivity index (χ2v) is 4.79. The summed E-state index contributed by atoms with van der Waals surface area (Å²) < 4.78 is 39.0. The van der Waals surface area contributed by atoms with Gasteiger partial charge in [-0.2, -0.15) is 23.3 Å². The van der Waals surface area contributed by atoms with Crippen molar-refractivity contribution in [2.24, 2.45) is 0 Å². The Kier molecular flexibility index (Phi) is 4.02. The number of alkyl halides is 3. The summed E-state index contributed by atoms with van der Waals surface area (Å²) in [5, 5.41) is 11.4. The topological polar surface area (TPSA) is 88.5 Å². The molecule has 10 heteroatoms. The van der Waals surface area contributed by atoms with E-state index in [4.69, 9.17) is 0 Å². The van der Waals surface area contributed by atoms with E-state index >= 15 is 0 Å². The van der Waals surface area contributed by atoms with Gasteiger partial charge in [-0.15, -0.1) is 5.10 Å². The minimum atomic E-state index is -4.67. The quantitative estimate of drug-likeness (QED) is 0.765. The van der Waals surface area contributed by atoms with Gasteiger partial charge in [-0.1, -0.05) is 30.3 Å². The molecule has 0 aliphatic heterocycles. The number of benzene rings is 1. The molecule has 1 aromatic carbocycles. The minimum Gasteiger partial charge on any atom is -0.291 e. The van der Waals surface area contributed by atoms with Crippen molar-refractivity contribution in [3.05, 3.63) is 60.2 Å². The Balaban J connectivity index is 1.86. The fourth-order valence-corrected chi connectivity index (χ4v) is 2.12. The molecule has 3 aromatic rings. The number of amides is 1. The number of carbonyl (C=O) groups is 1. The van der Waals surface area contributed by atoms with Crippen molar-refractivity contribution in [3.8, 4) is 0 Å². The summed E-state index contributed by atoms with van der Waals surface area (Å²) >= 11 is 0. The summed E-state index contributed by atoms with van der Waals surface area (Å²) in [5.41, 5.74) is 0.616. The Morgan fingerprint density at radius 2 is 1.96 bits per heavy atom. The zero-order valence-electron chi connectivity index (χ0n) is 12.0. The summed E-state index contributed by atoms with van der Waals surface area (Å²) in [6.45, 7) is 0. The molecule has 3 rings (SSSR count). The number of rotatable bonds is 4.